The Morgan fingerprint density at radius 3 is 2.58 bits per heavy atom. The molecule has 0 spiro atoms. The van der Waals surface area contributed by atoms with E-state index in [0.29, 0.717) is 0 Å². The summed E-state index contributed by atoms with van der Waals surface area (Å²) in [5, 5.41) is 17.4. The Balaban J connectivity index is 3.04. The lowest BCUT2D eigenvalue weighted by Crippen LogP contribution is -2.05. The standard InChI is InChI=1S/C8H8F2O2/c9-5-1-2-7(10)6(3-5)8(12)4-11/h1-3,8,11-12H,4H2. The molecule has 0 fully saturated rings. The van der Waals surface area contributed by atoms with Gasteiger partial charge in [-0.15, -0.1) is 0 Å². The lowest BCUT2D eigenvalue weighted by atomic mass is 10.1. The average molecular weight is 174 g/mol. The van der Waals surface area contributed by atoms with E-state index in [1.807, 2.05) is 0 Å². The predicted octanol–water partition coefficient (Wildman–Crippen LogP) is 0.990. The monoisotopic (exact) mass is 174 g/mol. The van der Waals surface area contributed by atoms with Crippen molar-refractivity contribution in [1.82, 2.24) is 0 Å². The van der Waals surface area contributed by atoms with Crippen LogP contribution in [0.15, 0.2) is 18.2 Å². The number of hydrogen-bond donors (Lipinski definition) is 2. The van der Waals surface area contributed by atoms with Gasteiger partial charge in [0.15, 0.2) is 0 Å². The Bertz CT molecular complexity index is 276. The van der Waals surface area contributed by atoms with Gasteiger partial charge in [-0.25, -0.2) is 8.78 Å². The molecule has 1 atom stereocenters. The van der Waals surface area contributed by atoms with Crippen LogP contribution in [0, 0.1) is 11.6 Å². The molecule has 12 heavy (non-hydrogen) atoms. The van der Waals surface area contributed by atoms with Crippen LogP contribution in [-0.4, -0.2) is 16.8 Å². The zero-order valence-corrected chi connectivity index (χ0v) is 6.17. The molecule has 0 heterocycles. The van der Waals surface area contributed by atoms with Crippen LogP contribution in [0.3, 0.4) is 0 Å². The Labute approximate surface area is 68.1 Å². The third kappa shape index (κ3) is 1.78. The third-order valence-electron chi connectivity index (χ3n) is 1.49. The molecule has 0 aliphatic rings. The van der Waals surface area contributed by atoms with Crippen molar-refractivity contribution in [1.29, 1.82) is 0 Å². The van der Waals surface area contributed by atoms with Gasteiger partial charge in [0.25, 0.3) is 0 Å². The summed E-state index contributed by atoms with van der Waals surface area (Å²) >= 11 is 0. The van der Waals surface area contributed by atoms with Crippen LogP contribution in [0.25, 0.3) is 0 Å². The first-order valence-corrected chi connectivity index (χ1v) is 3.39. The summed E-state index contributed by atoms with van der Waals surface area (Å²) in [6.45, 7) is -0.625. The van der Waals surface area contributed by atoms with Gasteiger partial charge in [0, 0.05) is 5.56 Å². The highest BCUT2D eigenvalue weighted by molar-refractivity contribution is 5.20. The topological polar surface area (TPSA) is 40.5 Å². The lowest BCUT2D eigenvalue weighted by Gasteiger charge is -2.07. The fraction of sp³-hybridized carbons (Fsp3) is 0.250. The van der Waals surface area contributed by atoms with Crippen LogP contribution >= 0.6 is 0 Å². The number of rotatable bonds is 2. The van der Waals surface area contributed by atoms with Gasteiger partial charge < -0.3 is 10.2 Å². The minimum absolute atomic E-state index is 0.225. The Morgan fingerprint density at radius 2 is 2.00 bits per heavy atom. The molecule has 0 aromatic heterocycles. The molecule has 4 heteroatoms. The molecule has 0 aliphatic heterocycles. The zero-order valence-electron chi connectivity index (χ0n) is 6.17. The van der Waals surface area contributed by atoms with Crippen molar-refractivity contribution in [2.75, 3.05) is 6.61 Å². The van der Waals surface area contributed by atoms with Crippen molar-refractivity contribution in [2.45, 2.75) is 6.10 Å². The molecule has 2 N–H and O–H groups in total. The molecule has 66 valence electrons. The highest BCUT2D eigenvalue weighted by atomic mass is 19.1. The van der Waals surface area contributed by atoms with Gasteiger partial charge in [0.05, 0.1) is 6.61 Å². The maximum absolute atomic E-state index is 12.8. The van der Waals surface area contributed by atoms with Gasteiger partial charge in [-0.1, -0.05) is 0 Å². The highest BCUT2D eigenvalue weighted by Crippen LogP contribution is 2.17. The minimum atomic E-state index is -1.36. The summed E-state index contributed by atoms with van der Waals surface area (Å²) in [7, 11) is 0. The number of aliphatic hydroxyl groups is 2. The predicted molar refractivity (Wildman–Crippen MR) is 38.4 cm³/mol. The lowest BCUT2D eigenvalue weighted by molar-refractivity contribution is 0.0923. The van der Waals surface area contributed by atoms with Crippen molar-refractivity contribution in [3.8, 4) is 0 Å². The van der Waals surface area contributed by atoms with E-state index in [4.69, 9.17) is 10.2 Å². The van der Waals surface area contributed by atoms with E-state index in [9.17, 15) is 8.78 Å². The molecule has 1 unspecified atom stereocenters. The molecule has 0 radical (unpaired) electrons. The fourth-order valence-electron chi connectivity index (χ4n) is 0.868. The van der Waals surface area contributed by atoms with Gasteiger partial charge in [0.2, 0.25) is 0 Å². The van der Waals surface area contributed by atoms with Crippen LogP contribution in [0.5, 0.6) is 0 Å². The molecule has 1 aromatic carbocycles. The first kappa shape index (κ1) is 9.09. The number of halogens is 2. The molecule has 0 saturated heterocycles. The normalized spacial score (nSPS) is 13.0. The van der Waals surface area contributed by atoms with E-state index in [0.717, 1.165) is 18.2 Å². The van der Waals surface area contributed by atoms with Crippen molar-refractivity contribution in [3.05, 3.63) is 35.4 Å². The van der Waals surface area contributed by atoms with Crippen molar-refractivity contribution in [3.63, 3.8) is 0 Å². The third-order valence-corrected chi connectivity index (χ3v) is 1.49. The number of benzene rings is 1. The SMILES string of the molecule is OCC(O)c1cc(F)ccc1F. The summed E-state index contributed by atoms with van der Waals surface area (Å²) in [6, 6.07) is 2.71. The highest BCUT2D eigenvalue weighted by Gasteiger charge is 2.11. The summed E-state index contributed by atoms with van der Waals surface area (Å²) in [5.41, 5.74) is -0.225. The van der Waals surface area contributed by atoms with Gasteiger partial charge in [-0.05, 0) is 18.2 Å². The minimum Gasteiger partial charge on any atom is -0.393 e. The van der Waals surface area contributed by atoms with Crippen LogP contribution in [0.1, 0.15) is 11.7 Å². The van der Waals surface area contributed by atoms with E-state index in [1.54, 1.807) is 0 Å². The maximum atomic E-state index is 12.8. The summed E-state index contributed by atoms with van der Waals surface area (Å²) in [4.78, 5) is 0. The van der Waals surface area contributed by atoms with E-state index in [-0.39, 0.29) is 5.56 Å². The molecule has 1 aromatic rings. The second-order valence-electron chi connectivity index (χ2n) is 2.36. The smallest absolute Gasteiger partial charge is 0.129 e. The first-order valence-electron chi connectivity index (χ1n) is 3.39. The van der Waals surface area contributed by atoms with E-state index in [1.165, 1.54) is 0 Å². The van der Waals surface area contributed by atoms with Crippen LogP contribution in [0.2, 0.25) is 0 Å². The zero-order chi connectivity index (χ0) is 9.14. The Kier molecular flexibility index (Phi) is 2.73. The molecular weight excluding hydrogens is 166 g/mol. The fourth-order valence-corrected chi connectivity index (χ4v) is 0.868. The summed E-state index contributed by atoms with van der Waals surface area (Å²) < 4.78 is 25.3. The molecular formula is C8H8F2O2. The van der Waals surface area contributed by atoms with Gasteiger partial charge >= 0.3 is 0 Å². The number of hydrogen-bond acceptors (Lipinski definition) is 2. The quantitative estimate of drug-likeness (QED) is 0.701. The van der Waals surface area contributed by atoms with E-state index in [2.05, 4.69) is 0 Å². The average Bonchev–Trinajstić information content (AvgIpc) is 2.08. The summed E-state index contributed by atoms with van der Waals surface area (Å²) in [6.07, 6.45) is -1.36. The molecule has 1 rings (SSSR count). The van der Waals surface area contributed by atoms with Crippen LogP contribution < -0.4 is 0 Å². The molecule has 0 aliphatic carbocycles. The van der Waals surface area contributed by atoms with Gasteiger partial charge in [-0.2, -0.15) is 0 Å². The van der Waals surface area contributed by atoms with Crippen molar-refractivity contribution < 1.29 is 19.0 Å². The molecule has 0 amide bonds. The van der Waals surface area contributed by atoms with Gasteiger partial charge in [-0.3, -0.25) is 0 Å². The number of aliphatic hydroxyl groups excluding tert-OH is 2. The molecule has 0 bridgehead atoms. The first-order chi connectivity index (χ1) is 5.65. The van der Waals surface area contributed by atoms with Crippen LogP contribution in [-0.2, 0) is 0 Å². The van der Waals surface area contributed by atoms with Gasteiger partial charge in [0.1, 0.15) is 17.7 Å². The maximum Gasteiger partial charge on any atom is 0.129 e. The second-order valence-corrected chi connectivity index (χ2v) is 2.36. The van der Waals surface area contributed by atoms with E-state index >= 15 is 0 Å². The van der Waals surface area contributed by atoms with Crippen LogP contribution in [0.4, 0.5) is 8.78 Å². The van der Waals surface area contributed by atoms with Crippen molar-refractivity contribution >= 4 is 0 Å². The Hall–Kier alpha value is -1.00. The van der Waals surface area contributed by atoms with Crippen molar-refractivity contribution in [2.24, 2.45) is 0 Å². The molecule has 0 saturated carbocycles. The summed E-state index contributed by atoms with van der Waals surface area (Å²) in [5.74, 6) is -1.36. The Morgan fingerprint density at radius 1 is 1.33 bits per heavy atom. The second kappa shape index (κ2) is 3.60. The molecule has 2 nitrogen and oxygen atoms in total. The largest absolute Gasteiger partial charge is 0.393 e. The van der Waals surface area contributed by atoms with E-state index < -0.39 is 24.3 Å².